The van der Waals surface area contributed by atoms with Crippen molar-refractivity contribution in [1.82, 2.24) is 20.4 Å². The zero-order chi connectivity index (χ0) is 36.7. The standard InChI is InChI=1S/C42H58N4O6/c1-7-45-20-15-31-23-36(48-3)38(50-5)25-33(31)40(45)35-22-30(27-43-18-19-44-41(47)52-28-29-12-10-9-11-13-29)14-17-42(35)34-26-39(51-6)37(49-4)24-32(34)16-21-46(42)8-2/h9-13,23-26,30,35,40,43H,7-8,14-22,27-28H2,1-6H3,(H,44,47)/t30-,35?,40?,42?/m1/s1. The third-order valence-electron chi connectivity index (χ3n) is 11.8. The van der Waals surface area contributed by atoms with Gasteiger partial charge in [-0.1, -0.05) is 44.2 Å². The molecule has 2 heterocycles. The van der Waals surface area contributed by atoms with Crippen LogP contribution in [0.25, 0.3) is 0 Å². The summed E-state index contributed by atoms with van der Waals surface area (Å²) in [6, 6.07) is 18.9. The van der Waals surface area contributed by atoms with Crippen LogP contribution in [-0.2, 0) is 29.7 Å². The van der Waals surface area contributed by atoms with E-state index < -0.39 is 6.09 Å². The quantitative estimate of drug-likeness (QED) is 0.186. The lowest BCUT2D eigenvalue weighted by Gasteiger charge is -2.60. The molecule has 3 aromatic carbocycles. The van der Waals surface area contributed by atoms with Crippen LogP contribution in [0.1, 0.15) is 67.0 Å². The van der Waals surface area contributed by atoms with Crippen LogP contribution in [0.4, 0.5) is 4.79 Å². The Bertz CT molecular complexity index is 1650. The highest BCUT2D eigenvalue weighted by Gasteiger charge is 2.55. The lowest BCUT2D eigenvalue weighted by molar-refractivity contribution is -0.0675. The van der Waals surface area contributed by atoms with Crippen LogP contribution < -0.4 is 29.6 Å². The Balaban J connectivity index is 1.29. The topological polar surface area (TPSA) is 93.8 Å². The van der Waals surface area contributed by atoms with Crippen molar-refractivity contribution in [1.29, 1.82) is 0 Å². The van der Waals surface area contributed by atoms with Crippen molar-refractivity contribution in [2.45, 2.75) is 64.1 Å². The maximum absolute atomic E-state index is 12.4. The Morgan fingerprint density at radius 1 is 0.827 bits per heavy atom. The number of nitrogens with zero attached hydrogens (tertiary/aromatic N) is 2. The molecule has 52 heavy (non-hydrogen) atoms. The zero-order valence-electron chi connectivity index (χ0n) is 32.0. The van der Waals surface area contributed by atoms with Gasteiger partial charge < -0.3 is 34.3 Å². The minimum absolute atomic E-state index is 0.186. The number of carbonyl (C=O) groups excluding carboxylic acids is 1. The van der Waals surface area contributed by atoms with E-state index in [1.807, 2.05) is 30.3 Å². The van der Waals surface area contributed by atoms with Crippen molar-refractivity contribution in [3.05, 3.63) is 82.4 Å². The molecule has 10 nitrogen and oxygen atoms in total. The number of likely N-dealkylation sites (N-methyl/N-ethyl adjacent to an activating group) is 2. The van der Waals surface area contributed by atoms with E-state index in [2.05, 4.69) is 58.5 Å². The second-order valence-corrected chi connectivity index (χ2v) is 14.3. The van der Waals surface area contributed by atoms with Crippen LogP contribution in [0.5, 0.6) is 23.0 Å². The summed E-state index contributed by atoms with van der Waals surface area (Å²) in [6.45, 7) is 10.9. The summed E-state index contributed by atoms with van der Waals surface area (Å²) < 4.78 is 28.9. The molecule has 0 radical (unpaired) electrons. The lowest BCUT2D eigenvalue weighted by atomic mass is 9.58. The lowest BCUT2D eigenvalue weighted by Crippen LogP contribution is -2.61. The van der Waals surface area contributed by atoms with Gasteiger partial charge in [0.2, 0.25) is 0 Å². The minimum atomic E-state index is -0.393. The molecule has 3 aromatic rings. The van der Waals surface area contributed by atoms with Crippen LogP contribution in [0.15, 0.2) is 54.6 Å². The normalized spacial score (nSPS) is 23.0. The Labute approximate surface area is 310 Å². The highest BCUT2D eigenvalue weighted by molar-refractivity contribution is 5.67. The van der Waals surface area contributed by atoms with E-state index in [-0.39, 0.29) is 24.1 Å². The van der Waals surface area contributed by atoms with Crippen LogP contribution in [0.3, 0.4) is 0 Å². The van der Waals surface area contributed by atoms with Gasteiger partial charge in [0.05, 0.1) is 34.0 Å². The van der Waals surface area contributed by atoms with Gasteiger partial charge in [0.25, 0.3) is 0 Å². The van der Waals surface area contributed by atoms with E-state index in [1.165, 1.54) is 22.3 Å². The van der Waals surface area contributed by atoms with Gasteiger partial charge >= 0.3 is 6.09 Å². The van der Waals surface area contributed by atoms with Gasteiger partial charge in [-0.3, -0.25) is 9.80 Å². The number of amides is 1. The van der Waals surface area contributed by atoms with Gasteiger partial charge in [0.15, 0.2) is 23.0 Å². The molecule has 1 saturated carbocycles. The predicted molar refractivity (Wildman–Crippen MR) is 204 cm³/mol. The fraction of sp³-hybridized carbons (Fsp3) is 0.548. The summed E-state index contributed by atoms with van der Waals surface area (Å²) >= 11 is 0. The highest BCUT2D eigenvalue weighted by atomic mass is 16.5. The Kier molecular flexibility index (Phi) is 12.5. The van der Waals surface area contributed by atoms with Gasteiger partial charge in [-0.05, 0) is 110 Å². The SMILES string of the molecule is CCN1CCc2cc(OC)c(OC)cc2C1C1C[C@H](CNCCNC(=O)OCc2ccccc2)CCC12c1cc(OC)c(OC)cc1CCN2CC. The molecule has 0 saturated heterocycles. The average molecular weight is 715 g/mol. The number of fused-ring (bicyclic) bond motifs is 3. The number of rotatable bonds is 14. The van der Waals surface area contributed by atoms with Crippen LogP contribution in [0.2, 0.25) is 0 Å². The molecule has 3 unspecified atom stereocenters. The fourth-order valence-electron chi connectivity index (χ4n) is 9.37. The van der Waals surface area contributed by atoms with E-state index >= 15 is 0 Å². The first-order valence-electron chi connectivity index (χ1n) is 19.0. The molecule has 1 spiro atoms. The number of ether oxygens (including phenoxy) is 5. The monoisotopic (exact) mass is 714 g/mol. The van der Waals surface area contributed by atoms with Crippen molar-refractivity contribution in [3.8, 4) is 23.0 Å². The van der Waals surface area contributed by atoms with E-state index in [9.17, 15) is 4.79 Å². The molecular weight excluding hydrogens is 656 g/mol. The second-order valence-electron chi connectivity index (χ2n) is 14.3. The maximum atomic E-state index is 12.4. The van der Waals surface area contributed by atoms with Crippen molar-refractivity contribution in [2.75, 3.05) is 74.3 Å². The molecule has 1 aliphatic carbocycles. The molecule has 282 valence electrons. The highest BCUT2D eigenvalue weighted by Crippen LogP contribution is 2.58. The fourth-order valence-corrected chi connectivity index (χ4v) is 9.37. The number of methoxy groups -OCH3 is 4. The summed E-state index contributed by atoms with van der Waals surface area (Å²) in [5, 5.41) is 6.59. The molecule has 4 atom stereocenters. The van der Waals surface area contributed by atoms with Crippen LogP contribution >= 0.6 is 0 Å². The first kappa shape index (κ1) is 37.8. The van der Waals surface area contributed by atoms with Crippen LogP contribution in [0, 0.1) is 11.8 Å². The summed E-state index contributed by atoms with van der Waals surface area (Å²) in [7, 11) is 6.92. The third-order valence-corrected chi connectivity index (χ3v) is 11.8. The number of benzene rings is 3. The van der Waals surface area contributed by atoms with Gasteiger partial charge in [-0.2, -0.15) is 0 Å². The van der Waals surface area contributed by atoms with Gasteiger partial charge in [0, 0.05) is 38.1 Å². The number of hydrogen-bond acceptors (Lipinski definition) is 9. The van der Waals surface area contributed by atoms with E-state index in [4.69, 9.17) is 23.7 Å². The molecular formula is C42H58N4O6. The first-order valence-corrected chi connectivity index (χ1v) is 19.0. The molecule has 1 fully saturated rings. The van der Waals surface area contributed by atoms with E-state index in [0.717, 1.165) is 93.4 Å². The van der Waals surface area contributed by atoms with E-state index in [1.54, 1.807) is 28.4 Å². The van der Waals surface area contributed by atoms with Crippen molar-refractivity contribution < 1.29 is 28.5 Å². The summed E-state index contributed by atoms with van der Waals surface area (Å²) in [6.07, 6.45) is 4.76. The largest absolute Gasteiger partial charge is 0.493 e. The first-order chi connectivity index (χ1) is 25.4. The van der Waals surface area contributed by atoms with Gasteiger partial charge in [0.1, 0.15) is 6.61 Å². The average Bonchev–Trinajstić information content (AvgIpc) is 3.19. The maximum Gasteiger partial charge on any atom is 0.407 e. The Morgan fingerprint density at radius 3 is 2.19 bits per heavy atom. The molecule has 2 N–H and O–H groups in total. The van der Waals surface area contributed by atoms with Gasteiger partial charge in [-0.25, -0.2) is 4.79 Å². The summed E-state index contributed by atoms with van der Waals surface area (Å²) in [5.41, 5.74) is 6.23. The Morgan fingerprint density at radius 2 is 1.50 bits per heavy atom. The van der Waals surface area contributed by atoms with Crippen molar-refractivity contribution in [2.24, 2.45) is 11.8 Å². The smallest absolute Gasteiger partial charge is 0.407 e. The molecule has 10 heteroatoms. The predicted octanol–water partition coefficient (Wildman–Crippen LogP) is 6.35. The van der Waals surface area contributed by atoms with Crippen LogP contribution in [-0.4, -0.2) is 90.1 Å². The molecule has 3 aliphatic rings. The molecule has 1 amide bonds. The number of nitrogens with one attached hydrogen (secondary N) is 2. The van der Waals surface area contributed by atoms with E-state index in [0.29, 0.717) is 19.0 Å². The molecule has 6 rings (SSSR count). The van der Waals surface area contributed by atoms with Crippen molar-refractivity contribution in [3.63, 3.8) is 0 Å². The molecule has 2 aliphatic heterocycles. The summed E-state index contributed by atoms with van der Waals surface area (Å²) in [5.74, 6) is 3.91. The Hall–Kier alpha value is -3.99. The number of carbonyl (C=O) groups is 1. The minimum Gasteiger partial charge on any atom is -0.493 e. The zero-order valence-corrected chi connectivity index (χ0v) is 32.0. The molecule has 0 aromatic heterocycles. The van der Waals surface area contributed by atoms with Gasteiger partial charge in [-0.15, -0.1) is 0 Å². The third kappa shape index (κ3) is 7.56. The number of hydrogen-bond donors (Lipinski definition) is 2. The summed E-state index contributed by atoms with van der Waals surface area (Å²) in [4.78, 5) is 17.8. The number of alkyl carbamates (subject to hydrolysis) is 1. The van der Waals surface area contributed by atoms with Crippen molar-refractivity contribution >= 4 is 6.09 Å². The molecule has 0 bridgehead atoms. The second kappa shape index (κ2) is 17.2.